The molecule has 3 rings (SSSR count). The highest BCUT2D eigenvalue weighted by Crippen LogP contribution is 2.29. The van der Waals surface area contributed by atoms with E-state index in [2.05, 4.69) is 12.1 Å². The van der Waals surface area contributed by atoms with Gasteiger partial charge in [-0.1, -0.05) is 24.3 Å². The third-order valence-corrected chi connectivity index (χ3v) is 4.49. The van der Waals surface area contributed by atoms with Crippen molar-refractivity contribution < 1.29 is 9.90 Å². The number of hydrogen-bond donors (Lipinski definition) is 1. The molecule has 102 valence electrons. The summed E-state index contributed by atoms with van der Waals surface area (Å²) in [5, 5.41) is 9.26. The van der Waals surface area contributed by atoms with Gasteiger partial charge in [0.25, 0.3) is 0 Å². The summed E-state index contributed by atoms with van der Waals surface area (Å²) in [5.41, 5.74) is 2.66. The molecule has 0 saturated carbocycles. The highest BCUT2D eigenvalue weighted by molar-refractivity contribution is 5.80. The average molecular weight is 259 g/mol. The van der Waals surface area contributed by atoms with E-state index in [4.69, 9.17) is 0 Å². The zero-order valence-electron chi connectivity index (χ0n) is 11.2. The van der Waals surface area contributed by atoms with Crippen molar-refractivity contribution in [1.82, 2.24) is 4.90 Å². The van der Waals surface area contributed by atoms with E-state index in [1.165, 1.54) is 11.1 Å². The van der Waals surface area contributed by atoms with E-state index in [1.807, 2.05) is 17.0 Å². The lowest BCUT2D eigenvalue weighted by atomic mass is 9.96. The van der Waals surface area contributed by atoms with Gasteiger partial charge in [0.15, 0.2) is 0 Å². The number of benzene rings is 1. The predicted octanol–water partition coefficient (Wildman–Crippen LogP) is 1.63. The van der Waals surface area contributed by atoms with Crippen LogP contribution in [0.25, 0.3) is 0 Å². The molecule has 1 heterocycles. The molecule has 1 fully saturated rings. The molecule has 0 aromatic heterocycles. The molecule has 1 N–H and O–H groups in total. The van der Waals surface area contributed by atoms with Crippen molar-refractivity contribution in [2.75, 3.05) is 19.7 Å². The Morgan fingerprint density at radius 2 is 1.95 bits per heavy atom. The molecule has 19 heavy (non-hydrogen) atoms. The first-order valence-electron chi connectivity index (χ1n) is 7.24. The van der Waals surface area contributed by atoms with Crippen LogP contribution in [0.3, 0.4) is 0 Å². The molecular weight excluding hydrogens is 238 g/mol. The number of piperidine rings is 1. The summed E-state index contributed by atoms with van der Waals surface area (Å²) in [6.07, 6.45) is 3.84. The quantitative estimate of drug-likeness (QED) is 0.877. The normalized spacial score (nSPS) is 23.4. The van der Waals surface area contributed by atoms with E-state index in [-0.39, 0.29) is 24.3 Å². The molecule has 1 saturated heterocycles. The Labute approximate surface area is 114 Å². The first kappa shape index (κ1) is 12.7. The van der Waals surface area contributed by atoms with Crippen LogP contribution in [0.1, 0.15) is 24.0 Å². The first-order chi connectivity index (χ1) is 9.28. The molecule has 3 heteroatoms. The number of aliphatic hydroxyl groups excluding tert-OH is 1. The van der Waals surface area contributed by atoms with Gasteiger partial charge in [-0.3, -0.25) is 4.79 Å². The number of nitrogens with zero attached hydrogens (tertiary/aromatic N) is 1. The van der Waals surface area contributed by atoms with Crippen molar-refractivity contribution >= 4 is 5.91 Å². The molecule has 2 aliphatic rings. The van der Waals surface area contributed by atoms with E-state index in [1.54, 1.807) is 0 Å². The van der Waals surface area contributed by atoms with Gasteiger partial charge in [-0.2, -0.15) is 0 Å². The molecule has 0 radical (unpaired) electrons. The van der Waals surface area contributed by atoms with Crippen molar-refractivity contribution in [2.45, 2.75) is 25.7 Å². The third-order valence-electron chi connectivity index (χ3n) is 4.49. The molecule has 1 amide bonds. The van der Waals surface area contributed by atoms with Gasteiger partial charge in [-0.15, -0.1) is 0 Å². The minimum Gasteiger partial charge on any atom is -0.396 e. The molecule has 0 spiro atoms. The van der Waals surface area contributed by atoms with Crippen LogP contribution in [0.2, 0.25) is 0 Å². The number of aliphatic hydroxyl groups is 1. The van der Waals surface area contributed by atoms with Crippen LogP contribution in [-0.2, 0) is 17.6 Å². The van der Waals surface area contributed by atoms with Crippen molar-refractivity contribution in [3.05, 3.63) is 35.4 Å². The zero-order chi connectivity index (χ0) is 13.2. The average Bonchev–Trinajstić information content (AvgIpc) is 2.90. The number of carbonyl (C=O) groups excluding carboxylic acids is 1. The molecule has 1 aliphatic carbocycles. The van der Waals surface area contributed by atoms with E-state index < -0.39 is 0 Å². The minimum absolute atomic E-state index is 0.120. The fourth-order valence-corrected chi connectivity index (χ4v) is 3.41. The Kier molecular flexibility index (Phi) is 3.56. The second kappa shape index (κ2) is 5.33. The summed E-state index contributed by atoms with van der Waals surface area (Å²) >= 11 is 0. The minimum atomic E-state index is 0.120. The van der Waals surface area contributed by atoms with Crippen LogP contribution in [0, 0.1) is 11.8 Å². The van der Waals surface area contributed by atoms with Gasteiger partial charge in [0.1, 0.15) is 0 Å². The van der Waals surface area contributed by atoms with Gasteiger partial charge in [0.2, 0.25) is 5.91 Å². The largest absolute Gasteiger partial charge is 0.396 e. The zero-order valence-corrected chi connectivity index (χ0v) is 11.2. The molecule has 3 nitrogen and oxygen atoms in total. The van der Waals surface area contributed by atoms with Crippen LogP contribution in [0.15, 0.2) is 24.3 Å². The summed E-state index contributed by atoms with van der Waals surface area (Å²) in [7, 11) is 0. The molecule has 1 aliphatic heterocycles. The smallest absolute Gasteiger partial charge is 0.226 e. The van der Waals surface area contributed by atoms with Crippen molar-refractivity contribution in [2.24, 2.45) is 11.8 Å². The highest BCUT2D eigenvalue weighted by Gasteiger charge is 2.32. The van der Waals surface area contributed by atoms with E-state index in [0.717, 1.165) is 38.8 Å². The third kappa shape index (κ3) is 2.52. The Hall–Kier alpha value is -1.35. The fourth-order valence-electron chi connectivity index (χ4n) is 3.41. The lowest BCUT2D eigenvalue weighted by Gasteiger charge is -2.33. The summed E-state index contributed by atoms with van der Waals surface area (Å²) in [6.45, 7) is 1.80. The Balaban J connectivity index is 1.66. The van der Waals surface area contributed by atoms with Crippen molar-refractivity contribution in [1.29, 1.82) is 0 Å². The van der Waals surface area contributed by atoms with Crippen molar-refractivity contribution in [3.8, 4) is 0 Å². The lowest BCUT2D eigenvalue weighted by molar-refractivity contribution is -0.137. The van der Waals surface area contributed by atoms with Gasteiger partial charge in [-0.25, -0.2) is 0 Å². The van der Waals surface area contributed by atoms with Crippen LogP contribution in [0.4, 0.5) is 0 Å². The Morgan fingerprint density at radius 1 is 1.26 bits per heavy atom. The second-order valence-electron chi connectivity index (χ2n) is 5.85. The highest BCUT2D eigenvalue weighted by atomic mass is 16.3. The maximum atomic E-state index is 12.6. The van der Waals surface area contributed by atoms with E-state index in [9.17, 15) is 9.90 Å². The number of carbonyl (C=O) groups is 1. The molecule has 1 aromatic rings. The second-order valence-corrected chi connectivity index (χ2v) is 5.85. The van der Waals surface area contributed by atoms with Crippen LogP contribution < -0.4 is 0 Å². The number of amides is 1. The molecular formula is C16H21NO2. The monoisotopic (exact) mass is 259 g/mol. The van der Waals surface area contributed by atoms with Crippen LogP contribution >= 0.6 is 0 Å². The molecule has 1 aromatic carbocycles. The van der Waals surface area contributed by atoms with Gasteiger partial charge in [-0.05, 0) is 42.7 Å². The number of rotatable bonds is 2. The maximum Gasteiger partial charge on any atom is 0.226 e. The first-order valence-corrected chi connectivity index (χ1v) is 7.24. The van der Waals surface area contributed by atoms with Gasteiger partial charge >= 0.3 is 0 Å². The maximum absolute atomic E-state index is 12.6. The SMILES string of the molecule is O=C(C1Cc2ccccc2C1)N1CCCC(CO)C1. The molecule has 1 unspecified atom stereocenters. The van der Waals surface area contributed by atoms with Crippen LogP contribution in [0.5, 0.6) is 0 Å². The van der Waals surface area contributed by atoms with Crippen molar-refractivity contribution in [3.63, 3.8) is 0 Å². The van der Waals surface area contributed by atoms with E-state index >= 15 is 0 Å². The summed E-state index contributed by atoms with van der Waals surface area (Å²) in [6, 6.07) is 8.37. The van der Waals surface area contributed by atoms with Gasteiger partial charge in [0, 0.05) is 25.6 Å². The van der Waals surface area contributed by atoms with Gasteiger partial charge in [0.05, 0.1) is 0 Å². The predicted molar refractivity (Wildman–Crippen MR) is 73.7 cm³/mol. The molecule has 1 atom stereocenters. The van der Waals surface area contributed by atoms with Crippen LogP contribution in [-0.4, -0.2) is 35.6 Å². The Bertz CT molecular complexity index is 447. The van der Waals surface area contributed by atoms with Gasteiger partial charge < -0.3 is 10.0 Å². The lowest BCUT2D eigenvalue weighted by Crippen LogP contribution is -2.44. The number of likely N-dealkylation sites (tertiary alicyclic amines) is 1. The van der Waals surface area contributed by atoms with E-state index in [0.29, 0.717) is 0 Å². The summed E-state index contributed by atoms with van der Waals surface area (Å²) in [4.78, 5) is 14.5. The summed E-state index contributed by atoms with van der Waals surface area (Å²) < 4.78 is 0. The fraction of sp³-hybridized carbons (Fsp3) is 0.562. The number of hydrogen-bond acceptors (Lipinski definition) is 2. The Morgan fingerprint density at radius 3 is 2.58 bits per heavy atom. The summed E-state index contributed by atoms with van der Waals surface area (Å²) in [5.74, 6) is 0.686. The number of fused-ring (bicyclic) bond motifs is 1. The standard InChI is InChI=1S/C16H21NO2/c18-11-12-4-3-7-17(10-12)16(19)15-8-13-5-1-2-6-14(13)9-15/h1-2,5-6,12,15,18H,3-4,7-11H2. The molecule has 0 bridgehead atoms. The topological polar surface area (TPSA) is 40.5 Å².